The zero-order valence-corrected chi connectivity index (χ0v) is 26.2. The van der Waals surface area contributed by atoms with Gasteiger partial charge in [-0.2, -0.15) is 4.98 Å². The van der Waals surface area contributed by atoms with Gasteiger partial charge < -0.3 is 34.2 Å². The van der Waals surface area contributed by atoms with Crippen LogP contribution in [0.25, 0.3) is 22.8 Å². The van der Waals surface area contributed by atoms with E-state index >= 15 is 0 Å². The summed E-state index contributed by atoms with van der Waals surface area (Å²) in [5, 5.41) is 16.1. The third kappa shape index (κ3) is 7.84. The van der Waals surface area contributed by atoms with Gasteiger partial charge in [-0.25, -0.2) is 0 Å². The largest absolute Gasteiger partial charge is 0.497 e. The number of carbonyl (C=O) groups is 5. The number of hydrogen-bond acceptors (Lipinski definition) is 10. The molecule has 3 amide bonds. The van der Waals surface area contributed by atoms with E-state index in [1.807, 2.05) is 30.3 Å². The molecule has 0 bridgehead atoms. The molecule has 5 rings (SSSR count). The van der Waals surface area contributed by atoms with Gasteiger partial charge in [-0.1, -0.05) is 47.6 Å². The first-order valence-electron chi connectivity index (χ1n) is 15.0. The fourth-order valence-electron chi connectivity index (χ4n) is 5.31. The normalized spacial score (nSPS) is 15.0. The fourth-order valence-corrected chi connectivity index (χ4v) is 5.31. The lowest BCUT2D eigenvalue weighted by Crippen LogP contribution is -2.63. The summed E-state index contributed by atoms with van der Waals surface area (Å²) in [6.07, 6.45) is -0.434. The van der Waals surface area contributed by atoms with Crippen LogP contribution in [0.1, 0.15) is 22.3 Å². The van der Waals surface area contributed by atoms with Crippen molar-refractivity contribution in [3.05, 3.63) is 90.0 Å². The third-order valence-electron chi connectivity index (χ3n) is 7.84. The Bertz CT molecular complexity index is 1770. The Hall–Kier alpha value is -6.05. The highest BCUT2D eigenvalue weighted by Crippen LogP contribution is 2.23. The zero-order chi connectivity index (χ0) is 34.2. The number of aromatic nitrogens is 2. The Labute approximate surface area is 275 Å². The van der Waals surface area contributed by atoms with E-state index in [0.717, 1.165) is 17.6 Å². The summed E-state index contributed by atoms with van der Waals surface area (Å²) < 4.78 is 15.4. The van der Waals surface area contributed by atoms with Gasteiger partial charge in [-0.3, -0.25) is 24.0 Å². The highest BCUT2D eigenvalue weighted by molar-refractivity contribution is 5.99. The van der Waals surface area contributed by atoms with Crippen LogP contribution in [0.4, 0.5) is 0 Å². The van der Waals surface area contributed by atoms with Crippen LogP contribution >= 0.6 is 0 Å². The molecule has 1 saturated heterocycles. The van der Waals surface area contributed by atoms with Gasteiger partial charge in [0.15, 0.2) is 0 Å². The third-order valence-corrected chi connectivity index (χ3v) is 7.84. The number of nitrogens with one attached hydrogen (secondary N) is 1. The number of aliphatic carboxylic acids is 1. The SMILES string of the molecule is COC(=O)C[C@H]1C(=O)N(CC(=O)O)CCN1C(=O)[C@H](Cc1ccc(OC)cc1)NC(=O)c1ccc(-c2noc(-c3ccccc3)n2)cc1. The molecule has 248 valence electrons. The minimum atomic E-state index is -1.32. The van der Waals surface area contributed by atoms with E-state index in [4.69, 9.17) is 14.0 Å². The lowest BCUT2D eigenvalue weighted by molar-refractivity contribution is -0.159. The maximum atomic E-state index is 14.1. The van der Waals surface area contributed by atoms with Crippen LogP contribution in [0, 0.1) is 0 Å². The number of rotatable bonds is 12. The quantitative estimate of drug-likeness (QED) is 0.214. The number of carboxylic acid groups (broad SMARTS) is 1. The summed E-state index contributed by atoms with van der Waals surface area (Å²) in [6.45, 7) is -0.710. The second-order valence-corrected chi connectivity index (χ2v) is 10.9. The van der Waals surface area contributed by atoms with E-state index in [1.54, 1.807) is 48.5 Å². The molecule has 2 heterocycles. The van der Waals surface area contributed by atoms with Crippen molar-refractivity contribution in [2.45, 2.75) is 24.9 Å². The Morgan fingerprint density at radius 2 is 1.67 bits per heavy atom. The molecule has 1 aliphatic rings. The number of methoxy groups -OCH3 is 2. The monoisotopic (exact) mass is 655 g/mol. The van der Waals surface area contributed by atoms with Crippen molar-refractivity contribution in [3.63, 3.8) is 0 Å². The minimum absolute atomic E-state index is 0.0479. The molecule has 0 radical (unpaired) electrons. The lowest BCUT2D eigenvalue weighted by Gasteiger charge is -2.41. The van der Waals surface area contributed by atoms with Crippen molar-refractivity contribution in [3.8, 4) is 28.6 Å². The molecule has 0 spiro atoms. The Balaban J connectivity index is 1.38. The van der Waals surface area contributed by atoms with Crippen molar-refractivity contribution >= 4 is 29.7 Å². The van der Waals surface area contributed by atoms with E-state index in [1.165, 1.54) is 12.0 Å². The van der Waals surface area contributed by atoms with Crippen molar-refractivity contribution in [2.75, 3.05) is 33.9 Å². The topological polar surface area (TPSA) is 181 Å². The van der Waals surface area contributed by atoms with E-state index in [0.29, 0.717) is 28.6 Å². The number of nitrogens with zero attached hydrogens (tertiary/aromatic N) is 4. The van der Waals surface area contributed by atoms with E-state index in [9.17, 15) is 29.1 Å². The molecule has 2 N–H and O–H groups in total. The molecular weight excluding hydrogens is 622 g/mol. The van der Waals surface area contributed by atoms with E-state index < -0.39 is 54.7 Å². The summed E-state index contributed by atoms with van der Waals surface area (Å²) in [4.78, 5) is 71.3. The molecule has 14 heteroatoms. The molecule has 4 aromatic rings. The van der Waals surface area contributed by atoms with Gasteiger partial charge in [-0.15, -0.1) is 0 Å². The van der Waals surface area contributed by atoms with E-state index in [-0.39, 0.29) is 25.1 Å². The maximum absolute atomic E-state index is 14.1. The predicted molar refractivity (Wildman–Crippen MR) is 169 cm³/mol. The number of hydrogen-bond donors (Lipinski definition) is 2. The van der Waals surface area contributed by atoms with Crippen LogP contribution in [-0.4, -0.2) is 101 Å². The standard InChI is InChI=1S/C34H33N5O9/c1-46-25-14-8-21(9-15-25)18-26(33(44)39-17-16-38(20-28(40)41)34(45)27(39)19-29(42)47-2)35-31(43)23-12-10-22(11-13-23)30-36-32(48-37-30)24-6-4-3-5-7-24/h3-15,26-27H,16-20H2,1-2H3,(H,35,43)(H,40,41)/t26-,27-/m0/s1. The van der Waals surface area contributed by atoms with Crippen molar-refractivity contribution in [1.82, 2.24) is 25.3 Å². The van der Waals surface area contributed by atoms with Crippen LogP contribution in [-0.2, 0) is 30.3 Å². The first-order valence-corrected chi connectivity index (χ1v) is 15.0. The van der Waals surface area contributed by atoms with Crippen LogP contribution in [0.5, 0.6) is 5.75 Å². The van der Waals surface area contributed by atoms with Crippen LogP contribution in [0.15, 0.2) is 83.4 Å². The highest BCUT2D eigenvalue weighted by Gasteiger charge is 2.42. The number of benzene rings is 3. The first-order chi connectivity index (χ1) is 23.2. The average Bonchev–Trinajstić information content (AvgIpc) is 3.60. The van der Waals surface area contributed by atoms with Crippen LogP contribution < -0.4 is 10.1 Å². The predicted octanol–water partition coefficient (Wildman–Crippen LogP) is 2.44. The van der Waals surface area contributed by atoms with Crippen LogP contribution in [0.2, 0.25) is 0 Å². The van der Waals surface area contributed by atoms with Crippen LogP contribution in [0.3, 0.4) is 0 Å². The number of carbonyl (C=O) groups excluding carboxylic acids is 4. The number of carboxylic acids is 1. The van der Waals surface area contributed by atoms with Crippen molar-refractivity contribution < 1.29 is 43.1 Å². The van der Waals surface area contributed by atoms with Gasteiger partial charge in [0.05, 0.1) is 20.6 Å². The fraction of sp³-hybridized carbons (Fsp3) is 0.265. The maximum Gasteiger partial charge on any atom is 0.323 e. The van der Waals surface area contributed by atoms with Gasteiger partial charge >= 0.3 is 11.9 Å². The highest BCUT2D eigenvalue weighted by atomic mass is 16.5. The van der Waals surface area contributed by atoms with Gasteiger partial charge in [0, 0.05) is 36.2 Å². The Kier molecular flexibility index (Phi) is 10.4. The molecule has 1 aliphatic heterocycles. The van der Waals surface area contributed by atoms with Crippen molar-refractivity contribution in [1.29, 1.82) is 0 Å². The molecule has 1 aromatic heterocycles. The Morgan fingerprint density at radius 3 is 2.31 bits per heavy atom. The molecule has 3 aromatic carbocycles. The summed E-state index contributed by atoms with van der Waals surface area (Å²) in [5.74, 6) is -2.59. The average molecular weight is 656 g/mol. The second kappa shape index (κ2) is 15.0. The Morgan fingerprint density at radius 1 is 0.958 bits per heavy atom. The minimum Gasteiger partial charge on any atom is -0.497 e. The molecule has 14 nitrogen and oxygen atoms in total. The van der Waals surface area contributed by atoms with E-state index in [2.05, 4.69) is 15.5 Å². The summed E-state index contributed by atoms with van der Waals surface area (Å²) in [5.41, 5.74) is 2.30. The molecule has 0 unspecified atom stereocenters. The van der Waals surface area contributed by atoms with Gasteiger partial charge in [-0.05, 0) is 42.0 Å². The molecule has 2 atom stereocenters. The summed E-state index contributed by atoms with van der Waals surface area (Å²) >= 11 is 0. The zero-order valence-electron chi connectivity index (χ0n) is 26.2. The molecule has 1 fully saturated rings. The summed E-state index contributed by atoms with van der Waals surface area (Å²) in [6, 6.07) is 20.2. The molecule has 0 saturated carbocycles. The lowest BCUT2D eigenvalue weighted by atomic mass is 10.0. The second-order valence-electron chi connectivity index (χ2n) is 10.9. The smallest absolute Gasteiger partial charge is 0.323 e. The van der Waals surface area contributed by atoms with Crippen molar-refractivity contribution in [2.24, 2.45) is 0 Å². The first kappa shape index (κ1) is 33.3. The number of ether oxygens (including phenoxy) is 2. The van der Waals surface area contributed by atoms with Gasteiger partial charge in [0.2, 0.25) is 17.6 Å². The van der Waals surface area contributed by atoms with Gasteiger partial charge in [0.1, 0.15) is 24.4 Å². The summed E-state index contributed by atoms with van der Waals surface area (Å²) in [7, 11) is 2.67. The number of piperazine rings is 1. The number of amides is 3. The molecular formula is C34H33N5O9. The number of esters is 1. The van der Waals surface area contributed by atoms with Gasteiger partial charge in [0.25, 0.3) is 11.8 Å². The molecule has 48 heavy (non-hydrogen) atoms. The molecule has 0 aliphatic carbocycles.